The van der Waals surface area contributed by atoms with E-state index in [1.807, 2.05) is 0 Å². The molecule has 2 aromatic carbocycles. The topological polar surface area (TPSA) is 100 Å². The van der Waals surface area contributed by atoms with E-state index in [1.165, 1.54) is 17.4 Å². The van der Waals surface area contributed by atoms with Gasteiger partial charge in [0.25, 0.3) is 5.56 Å². The Balaban J connectivity index is 1.81. The first-order chi connectivity index (χ1) is 13.4. The minimum absolute atomic E-state index is 0.183. The monoisotopic (exact) mass is 432 g/mol. The van der Waals surface area contributed by atoms with Crippen LogP contribution >= 0.6 is 34.5 Å². The first-order valence-electron chi connectivity index (χ1n) is 7.87. The lowest BCUT2D eigenvalue weighted by atomic mass is 10.3. The highest BCUT2D eigenvalue weighted by atomic mass is 35.5. The van der Waals surface area contributed by atoms with E-state index < -0.39 is 17.1 Å². The number of halogens is 2. The third-order valence-electron chi connectivity index (χ3n) is 3.83. The summed E-state index contributed by atoms with van der Waals surface area (Å²) < 4.78 is 1.77. The highest BCUT2D eigenvalue weighted by molar-refractivity contribution is 7.22. The Labute approximate surface area is 171 Å². The van der Waals surface area contributed by atoms with Crippen LogP contribution in [0.15, 0.2) is 57.0 Å². The van der Waals surface area contributed by atoms with Gasteiger partial charge in [0.2, 0.25) is 11.0 Å². The first kappa shape index (κ1) is 18.4. The standard InChI is InChI=1S/C18H10Cl2N4O3S/c19-9-2-1-3-11(6-9)24-16(26)12(15(25)23-18(24)27)8-21-17-22-13-5-4-10(20)7-14(13)28-17/h1-8,26H,(H,23,25,27)/b21-8+. The molecule has 2 heterocycles. The molecule has 2 N–H and O–H groups in total. The predicted molar refractivity (Wildman–Crippen MR) is 111 cm³/mol. The third-order valence-corrected chi connectivity index (χ3v) is 5.23. The number of thiazole rings is 1. The molecule has 2 aromatic heterocycles. The van der Waals surface area contributed by atoms with E-state index in [9.17, 15) is 14.7 Å². The largest absolute Gasteiger partial charge is 0.493 e. The lowest BCUT2D eigenvalue weighted by molar-refractivity contribution is 0.430. The van der Waals surface area contributed by atoms with Crippen LogP contribution in [-0.2, 0) is 0 Å². The first-order valence-corrected chi connectivity index (χ1v) is 9.44. The van der Waals surface area contributed by atoms with Crippen molar-refractivity contribution < 1.29 is 5.11 Å². The van der Waals surface area contributed by atoms with Crippen molar-refractivity contribution in [2.24, 2.45) is 4.99 Å². The molecule has 0 saturated heterocycles. The molecule has 0 aliphatic rings. The summed E-state index contributed by atoms with van der Waals surface area (Å²) in [6.45, 7) is 0. The van der Waals surface area contributed by atoms with Crippen LogP contribution in [0.3, 0.4) is 0 Å². The minimum atomic E-state index is -0.795. The van der Waals surface area contributed by atoms with E-state index in [0.29, 0.717) is 26.4 Å². The molecule has 4 aromatic rings. The highest BCUT2D eigenvalue weighted by Crippen LogP contribution is 2.30. The second kappa shape index (κ2) is 7.23. The molecule has 0 amide bonds. The summed E-state index contributed by atoms with van der Waals surface area (Å²) in [6.07, 6.45) is 1.16. The fourth-order valence-corrected chi connectivity index (χ4v) is 3.84. The van der Waals surface area contributed by atoms with Crippen molar-refractivity contribution in [1.29, 1.82) is 0 Å². The molecule has 0 aliphatic heterocycles. The number of hydrogen-bond acceptors (Lipinski definition) is 6. The Morgan fingerprint density at radius 3 is 2.71 bits per heavy atom. The van der Waals surface area contributed by atoms with Crippen LogP contribution in [0.2, 0.25) is 10.0 Å². The highest BCUT2D eigenvalue weighted by Gasteiger charge is 2.14. The number of hydrogen-bond donors (Lipinski definition) is 2. The van der Waals surface area contributed by atoms with Crippen molar-refractivity contribution in [2.45, 2.75) is 0 Å². The van der Waals surface area contributed by atoms with Crippen LogP contribution in [0.5, 0.6) is 5.88 Å². The summed E-state index contributed by atoms with van der Waals surface area (Å²) in [5.41, 5.74) is -0.735. The molecular weight excluding hydrogens is 423 g/mol. The number of nitrogens with one attached hydrogen (secondary N) is 1. The summed E-state index contributed by atoms with van der Waals surface area (Å²) in [5.74, 6) is -0.552. The molecule has 0 spiro atoms. The van der Waals surface area contributed by atoms with Gasteiger partial charge >= 0.3 is 5.69 Å². The van der Waals surface area contributed by atoms with E-state index in [-0.39, 0.29) is 5.56 Å². The van der Waals surface area contributed by atoms with Gasteiger partial charge in [0, 0.05) is 16.3 Å². The second-order valence-electron chi connectivity index (χ2n) is 5.68. The van der Waals surface area contributed by atoms with Crippen molar-refractivity contribution in [1.82, 2.24) is 14.5 Å². The number of rotatable bonds is 3. The van der Waals surface area contributed by atoms with Crippen molar-refractivity contribution >= 4 is 56.1 Å². The molecule has 0 radical (unpaired) electrons. The fraction of sp³-hybridized carbons (Fsp3) is 0. The van der Waals surface area contributed by atoms with Gasteiger partial charge in [-0.25, -0.2) is 19.3 Å². The summed E-state index contributed by atoms with van der Waals surface area (Å²) in [6, 6.07) is 11.5. The maximum absolute atomic E-state index is 12.2. The average molecular weight is 433 g/mol. The fourth-order valence-electron chi connectivity index (χ4n) is 2.57. The van der Waals surface area contributed by atoms with E-state index in [2.05, 4.69) is 15.0 Å². The van der Waals surface area contributed by atoms with E-state index in [0.717, 1.165) is 15.5 Å². The van der Waals surface area contributed by atoms with Crippen molar-refractivity contribution in [3.05, 3.63) is 78.9 Å². The van der Waals surface area contributed by atoms with Gasteiger partial charge in [0.05, 0.1) is 15.9 Å². The predicted octanol–water partition coefficient (Wildman–Crippen LogP) is 3.90. The number of nitrogens with zero attached hydrogens (tertiary/aromatic N) is 3. The average Bonchev–Trinajstić information content (AvgIpc) is 3.03. The Morgan fingerprint density at radius 1 is 1.14 bits per heavy atom. The van der Waals surface area contributed by atoms with Crippen molar-refractivity contribution in [2.75, 3.05) is 0 Å². The lowest BCUT2D eigenvalue weighted by Crippen LogP contribution is -2.31. The van der Waals surface area contributed by atoms with Crippen LogP contribution in [0.4, 0.5) is 5.13 Å². The number of aromatic nitrogens is 3. The summed E-state index contributed by atoms with van der Waals surface area (Å²) in [5, 5.41) is 11.8. The van der Waals surface area contributed by atoms with Crippen LogP contribution in [0.25, 0.3) is 15.9 Å². The molecule has 0 atom stereocenters. The minimum Gasteiger partial charge on any atom is -0.493 e. The van der Waals surface area contributed by atoms with Gasteiger partial charge in [-0.3, -0.25) is 9.78 Å². The molecule has 4 rings (SSSR count). The Kier molecular flexibility index (Phi) is 4.76. The molecule has 0 fully saturated rings. The molecule has 0 bridgehead atoms. The number of H-pyrrole nitrogens is 1. The summed E-state index contributed by atoms with van der Waals surface area (Å²) >= 11 is 13.2. The molecule has 28 heavy (non-hydrogen) atoms. The Bertz CT molecular complexity index is 1360. The van der Waals surface area contributed by atoms with E-state index in [4.69, 9.17) is 23.2 Å². The van der Waals surface area contributed by atoms with Gasteiger partial charge in [0.1, 0.15) is 5.56 Å². The van der Waals surface area contributed by atoms with Crippen molar-refractivity contribution in [3.8, 4) is 11.6 Å². The molecule has 0 aliphatic carbocycles. The summed E-state index contributed by atoms with van der Waals surface area (Å²) in [4.78, 5) is 35.0. The number of fused-ring (bicyclic) bond motifs is 1. The maximum Gasteiger partial charge on any atom is 0.335 e. The maximum atomic E-state index is 12.2. The van der Waals surface area contributed by atoms with Gasteiger partial charge in [0.15, 0.2) is 0 Å². The molecule has 0 saturated carbocycles. The number of aromatic hydroxyl groups is 1. The number of aromatic amines is 1. The molecule has 7 nitrogen and oxygen atoms in total. The zero-order valence-electron chi connectivity index (χ0n) is 13.9. The Hall–Kier alpha value is -2.94. The molecule has 0 unspecified atom stereocenters. The number of benzene rings is 2. The zero-order chi connectivity index (χ0) is 19.8. The van der Waals surface area contributed by atoms with Gasteiger partial charge in [-0.15, -0.1) is 0 Å². The zero-order valence-corrected chi connectivity index (χ0v) is 16.2. The van der Waals surface area contributed by atoms with Gasteiger partial charge in [-0.05, 0) is 36.4 Å². The molecule has 140 valence electrons. The SMILES string of the molecule is O=c1[nH]c(=O)n(-c2cccc(Cl)c2)c(O)c1/C=N/c1nc2ccc(Cl)cc2s1. The van der Waals surface area contributed by atoms with Gasteiger partial charge < -0.3 is 5.11 Å². The van der Waals surface area contributed by atoms with Gasteiger partial charge in [-0.2, -0.15) is 0 Å². The van der Waals surface area contributed by atoms with E-state index >= 15 is 0 Å². The normalized spacial score (nSPS) is 11.5. The molecular formula is C18H10Cl2N4O3S. The van der Waals surface area contributed by atoms with Gasteiger partial charge in [-0.1, -0.05) is 40.6 Å². The summed E-state index contributed by atoms with van der Waals surface area (Å²) in [7, 11) is 0. The van der Waals surface area contributed by atoms with E-state index in [1.54, 1.807) is 36.4 Å². The lowest BCUT2D eigenvalue weighted by Gasteiger charge is -2.09. The Morgan fingerprint density at radius 2 is 1.93 bits per heavy atom. The van der Waals surface area contributed by atoms with Crippen LogP contribution in [0.1, 0.15) is 5.56 Å². The second-order valence-corrected chi connectivity index (χ2v) is 7.56. The smallest absolute Gasteiger partial charge is 0.335 e. The quantitative estimate of drug-likeness (QED) is 0.479. The van der Waals surface area contributed by atoms with Crippen LogP contribution in [-0.4, -0.2) is 25.9 Å². The number of aliphatic imine (C=N–C) groups is 1. The van der Waals surface area contributed by atoms with Crippen molar-refractivity contribution in [3.63, 3.8) is 0 Å². The third kappa shape index (κ3) is 3.45. The van der Waals surface area contributed by atoms with Crippen LogP contribution in [0, 0.1) is 0 Å². The van der Waals surface area contributed by atoms with Crippen LogP contribution < -0.4 is 11.2 Å². The molecule has 10 heteroatoms.